The summed E-state index contributed by atoms with van der Waals surface area (Å²) in [6, 6.07) is 15.8. The summed E-state index contributed by atoms with van der Waals surface area (Å²) >= 11 is 0. The van der Waals surface area contributed by atoms with E-state index < -0.39 is 0 Å². The Labute approximate surface area is 127 Å². The van der Waals surface area contributed by atoms with Gasteiger partial charge in [-0.05, 0) is 31.2 Å². The van der Waals surface area contributed by atoms with E-state index in [0.29, 0.717) is 0 Å². The highest BCUT2D eigenvalue weighted by Crippen LogP contribution is 2.26. The van der Waals surface area contributed by atoms with E-state index in [1.807, 2.05) is 59.9 Å². The van der Waals surface area contributed by atoms with Crippen LogP contribution in [0.1, 0.15) is 5.69 Å². The summed E-state index contributed by atoms with van der Waals surface area (Å²) in [5.74, 6) is 1.58. The fourth-order valence-corrected chi connectivity index (χ4v) is 2.67. The minimum Gasteiger partial charge on any atom is -0.497 e. The van der Waals surface area contributed by atoms with Gasteiger partial charge in [0.25, 0.3) is 0 Å². The average Bonchev–Trinajstić information content (AvgIpc) is 3.01. The predicted octanol–water partition coefficient (Wildman–Crippen LogP) is 3.26. The van der Waals surface area contributed by atoms with Crippen molar-refractivity contribution in [3.63, 3.8) is 0 Å². The molecule has 0 bridgehead atoms. The van der Waals surface area contributed by atoms with Gasteiger partial charge >= 0.3 is 0 Å². The highest BCUT2D eigenvalue weighted by molar-refractivity contribution is 5.81. The Bertz CT molecular complexity index is 990. The van der Waals surface area contributed by atoms with E-state index in [-0.39, 0.29) is 0 Å². The molecule has 0 saturated carbocycles. The Balaban J connectivity index is 2.10. The van der Waals surface area contributed by atoms with E-state index >= 15 is 0 Å². The minimum absolute atomic E-state index is 0.775. The first-order chi connectivity index (χ1) is 10.8. The molecular formula is C17H14N4O. The van der Waals surface area contributed by atoms with Crippen LogP contribution in [0.15, 0.2) is 48.5 Å². The number of hydrogen-bond donors (Lipinski definition) is 0. The van der Waals surface area contributed by atoms with E-state index in [9.17, 15) is 0 Å². The Kier molecular flexibility index (Phi) is 2.79. The minimum atomic E-state index is 0.775. The smallest absolute Gasteiger partial charge is 0.183 e. The average molecular weight is 290 g/mol. The van der Waals surface area contributed by atoms with E-state index in [0.717, 1.165) is 39.5 Å². The second-order valence-corrected chi connectivity index (χ2v) is 5.10. The quantitative estimate of drug-likeness (QED) is 0.568. The van der Waals surface area contributed by atoms with E-state index in [2.05, 4.69) is 15.2 Å². The van der Waals surface area contributed by atoms with Crippen LogP contribution in [0.2, 0.25) is 0 Å². The van der Waals surface area contributed by atoms with Crippen molar-refractivity contribution in [3.8, 4) is 17.1 Å². The Morgan fingerprint density at radius 1 is 1.00 bits per heavy atom. The largest absolute Gasteiger partial charge is 0.497 e. The van der Waals surface area contributed by atoms with Crippen LogP contribution in [0.4, 0.5) is 0 Å². The molecule has 0 aliphatic rings. The van der Waals surface area contributed by atoms with Crippen molar-refractivity contribution in [2.75, 3.05) is 7.11 Å². The van der Waals surface area contributed by atoms with Gasteiger partial charge in [0.2, 0.25) is 0 Å². The lowest BCUT2D eigenvalue weighted by Crippen LogP contribution is -1.97. The van der Waals surface area contributed by atoms with Crippen LogP contribution in [0.3, 0.4) is 0 Å². The summed E-state index contributed by atoms with van der Waals surface area (Å²) in [4.78, 5) is 4.60. The summed E-state index contributed by atoms with van der Waals surface area (Å²) in [6.45, 7) is 1.95. The van der Waals surface area contributed by atoms with Gasteiger partial charge in [-0.25, -0.2) is 4.98 Å². The molecule has 0 aliphatic carbocycles. The normalized spacial score (nSPS) is 11.2. The van der Waals surface area contributed by atoms with Gasteiger partial charge in [-0.2, -0.15) is 0 Å². The molecule has 0 N–H and O–H groups in total. The summed E-state index contributed by atoms with van der Waals surface area (Å²) < 4.78 is 7.35. The van der Waals surface area contributed by atoms with E-state index in [4.69, 9.17) is 4.74 Å². The summed E-state index contributed by atoms with van der Waals surface area (Å²) in [7, 11) is 1.66. The fourth-order valence-electron chi connectivity index (χ4n) is 2.67. The zero-order chi connectivity index (χ0) is 15.1. The van der Waals surface area contributed by atoms with Gasteiger partial charge < -0.3 is 4.74 Å². The molecule has 0 amide bonds. The van der Waals surface area contributed by atoms with Crippen LogP contribution in [0, 0.1) is 6.92 Å². The number of rotatable bonds is 2. The highest BCUT2D eigenvalue weighted by atomic mass is 16.5. The Morgan fingerprint density at radius 2 is 1.86 bits per heavy atom. The number of nitrogens with zero attached hydrogens (tertiary/aromatic N) is 4. The SMILES string of the molecule is COc1cccc(-c2nnc3c(C)nc4ccccc4n23)c1. The van der Waals surface area contributed by atoms with Crippen LogP contribution >= 0.6 is 0 Å². The third-order valence-corrected chi connectivity index (χ3v) is 3.73. The molecule has 0 spiro atoms. The number of aromatic nitrogens is 4. The molecule has 5 heteroatoms. The lowest BCUT2D eigenvalue weighted by molar-refractivity contribution is 0.415. The Morgan fingerprint density at radius 3 is 2.73 bits per heavy atom. The molecule has 0 unspecified atom stereocenters. The maximum Gasteiger partial charge on any atom is 0.183 e. The van der Waals surface area contributed by atoms with Gasteiger partial charge in [0.1, 0.15) is 5.75 Å². The molecule has 2 aromatic carbocycles. The van der Waals surface area contributed by atoms with Gasteiger partial charge in [-0.15, -0.1) is 10.2 Å². The second-order valence-electron chi connectivity index (χ2n) is 5.10. The van der Waals surface area contributed by atoms with Gasteiger partial charge in [0, 0.05) is 5.56 Å². The van der Waals surface area contributed by atoms with Crippen molar-refractivity contribution in [2.45, 2.75) is 6.92 Å². The molecule has 2 heterocycles. The second kappa shape index (κ2) is 4.80. The van der Waals surface area contributed by atoms with Crippen LogP contribution in [0.25, 0.3) is 28.1 Å². The summed E-state index contributed by atoms with van der Waals surface area (Å²) in [6.07, 6.45) is 0. The fraction of sp³-hybridized carbons (Fsp3) is 0.118. The van der Waals surface area contributed by atoms with Gasteiger partial charge in [0.05, 0.1) is 23.8 Å². The Hall–Kier alpha value is -2.95. The molecule has 0 aliphatic heterocycles. The molecule has 0 fully saturated rings. The summed E-state index contributed by atoms with van der Waals surface area (Å²) in [5.41, 5.74) is 4.52. The molecule has 0 radical (unpaired) electrons. The van der Waals surface area contributed by atoms with E-state index in [1.54, 1.807) is 7.11 Å². The topological polar surface area (TPSA) is 52.3 Å². The molecule has 4 rings (SSSR count). The van der Waals surface area contributed by atoms with Crippen LogP contribution in [-0.2, 0) is 0 Å². The van der Waals surface area contributed by atoms with Crippen LogP contribution in [0.5, 0.6) is 5.75 Å². The number of benzene rings is 2. The first kappa shape index (κ1) is 12.8. The molecule has 5 nitrogen and oxygen atoms in total. The first-order valence-electron chi connectivity index (χ1n) is 7.03. The number of para-hydroxylation sites is 2. The molecule has 4 aromatic rings. The standard InChI is InChI=1S/C17H14N4O/c1-11-16-19-20-17(12-6-5-7-13(10-12)22-2)21(16)15-9-4-3-8-14(15)18-11/h3-10H,1-2H3. The van der Waals surface area contributed by atoms with Crippen LogP contribution in [-0.4, -0.2) is 26.7 Å². The van der Waals surface area contributed by atoms with E-state index in [1.165, 1.54) is 0 Å². The molecule has 2 aromatic heterocycles. The highest BCUT2D eigenvalue weighted by Gasteiger charge is 2.14. The molecule has 22 heavy (non-hydrogen) atoms. The van der Waals surface area contributed by atoms with Crippen molar-refractivity contribution in [2.24, 2.45) is 0 Å². The molecule has 108 valence electrons. The number of hydrogen-bond acceptors (Lipinski definition) is 4. The van der Waals surface area contributed by atoms with Crippen LogP contribution < -0.4 is 4.74 Å². The molecule has 0 saturated heterocycles. The molecular weight excluding hydrogens is 276 g/mol. The van der Waals surface area contributed by atoms with Crippen molar-refractivity contribution in [3.05, 3.63) is 54.2 Å². The van der Waals surface area contributed by atoms with Crippen molar-refractivity contribution >= 4 is 16.7 Å². The lowest BCUT2D eigenvalue weighted by atomic mass is 10.2. The number of ether oxygens (including phenoxy) is 1. The maximum atomic E-state index is 5.31. The van der Waals surface area contributed by atoms with Crippen molar-refractivity contribution in [1.82, 2.24) is 19.6 Å². The van der Waals surface area contributed by atoms with Crippen molar-refractivity contribution < 1.29 is 4.74 Å². The molecule has 0 atom stereocenters. The number of methoxy groups -OCH3 is 1. The zero-order valence-electron chi connectivity index (χ0n) is 12.3. The zero-order valence-corrected chi connectivity index (χ0v) is 12.3. The predicted molar refractivity (Wildman–Crippen MR) is 85.0 cm³/mol. The number of aryl methyl sites for hydroxylation is 1. The third-order valence-electron chi connectivity index (χ3n) is 3.73. The third kappa shape index (κ3) is 1.83. The first-order valence-corrected chi connectivity index (χ1v) is 7.03. The maximum absolute atomic E-state index is 5.31. The van der Waals surface area contributed by atoms with Crippen molar-refractivity contribution in [1.29, 1.82) is 0 Å². The monoisotopic (exact) mass is 290 g/mol. The van der Waals surface area contributed by atoms with Gasteiger partial charge in [0.15, 0.2) is 11.5 Å². The summed E-state index contributed by atoms with van der Waals surface area (Å²) in [5, 5.41) is 8.68. The number of fused-ring (bicyclic) bond motifs is 3. The van der Waals surface area contributed by atoms with Gasteiger partial charge in [-0.1, -0.05) is 24.3 Å². The van der Waals surface area contributed by atoms with Gasteiger partial charge in [-0.3, -0.25) is 4.40 Å². The lowest BCUT2D eigenvalue weighted by Gasteiger charge is -2.07.